The third-order valence-corrected chi connectivity index (χ3v) is 5.41. The number of piperidine rings is 1. The number of likely N-dealkylation sites (tertiary alicyclic amines) is 1. The van der Waals surface area contributed by atoms with E-state index in [1.54, 1.807) is 0 Å². The normalized spacial score (nSPS) is 14.9. The second-order valence-electron chi connectivity index (χ2n) is 7.66. The van der Waals surface area contributed by atoms with E-state index in [-0.39, 0.29) is 6.10 Å². The van der Waals surface area contributed by atoms with E-state index in [1.807, 2.05) is 72.8 Å². The van der Waals surface area contributed by atoms with Crippen LogP contribution in [0.1, 0.15) is 18.4 Å². The summed E-state index contributed by atoms with van der Waals surface area (Å²) < 4.78 is 5.71. The molecule has 0 aromatic heterocycles. The van der Waals surface area contributed by atoms with Gasteiger partial charge in [-0.15, -0.1) is 0 Å². The summed E-state index contributed by atoms with van der Waals surface area (Å²) in [6.45, 7) is 2.66. The molecule has 0 radical (unpaired) electrons. The lowest BCUT2D eigenvalue weighted by atomic mass is 10.0. The molecule has 3 aromatic rings. The third kappa shape index (κ3) is 5.19. The minimum absolute atomic E-state index is 0.0639. The van der Waals surface area contributed by atoms with Gasteiger partial charge in [-0.1, -0.05) is 60.7 Å². The van der Waals surface area contributed by atoms with E-state index in [2.05, 4.69) is 16.3 Å². The lowest BCUT2D eigenvalue weighted by Gasteiger charge is -2.31. The second-order valence-corrected chi connectivity index (χ2v) is 7.66. The first-order valence-corrected chi connectivity index (χ1v) is 10.4. The number of nitrogens with one attached hydrogen (secondary N) is 1. The van der Waals surface area contributed by atoms with Crippen molar-refractivity contribution in [2.24, 2.45) is 0 Å². The van der Waals surface area contributed by atoms with E-state index >= 15 is 0 Å². The highest BCUT2D eigenvalue weighted by molar-refractivity contribution is 5.91. The topological polar surface area (TPSA) is 67.6 Å². The van der Waals surface area contributed by atoms with Crippen LogP contribution in [0.15, 0.2) is 78.9 Å². The van der Waals surface area contributed by atoms with Crippen LogP contribution in [0.5, 0.6) is 0 Å². The number of anilines is 2. The van der Waals surface area contributed by atoms with Crippen LogP contribution < -0.4 is 11.1 Å². The Balaban J connectivity index is 1.30. The van der Waals surface area contributed by atoms with Crippen LogP contribution in [0, 0.1) is 0 Å². The molecule has 3 aromatic carbocycles. The van der Waals surface area contributed by atoms with Gasteiger partial charge in [-0.05, 0) is 42.2 Å². The Kier molecular flexibility index (Phi) is 6.30. The van der Waals surface area contributed by atoms with Gasteiger partial charge in [0.05, 0.1) is 5.69 Å². The quantitative estimate of drug-likeness (QED) is 0.580. The van der Waals surface area contributed by atoms with Crippen molar-refractivity contribution in [1.29, 1.82) is 0 Å². The Morgan fingerprint density at radius 1 is 0.967 bits per heavy atom. The van der Waals surface area contributed by atoms with Crippen molar-refractivity contribution in [2.45, 2.75) is 25.5 Å². The van der Waals surface area contributed by atoms with Gasteiger partial charge in [0.15, 0.2) is 0 Å². The number of ether oxygens (including phenoxy) is 1. The Labute approximate surface area is 177 Å². The lowest BCUT2D eigenvalue weighted by molar-refractivity contribution is 0.0567. The SMILES string of the molecule is Nc1cccc(CN2CCC(OC(=O)Nc3ccccc3-c3ccccc3)CC2)c1. The zero-order valence-corrected chi connectivity index (χ0v) is 17.0. The molecule has 3 N–H and O–H groups in total. The fraction of sp³-hybridized carbons (Fsp3) is 0.240. The number of amides is 1. The maximum Gasteiger partial charge on any atom is 0.411 e. The summed E-state index contributed by atoms with van der Waals surface area (Å²) in [5.41, 5.74) is 10.7. The summed E-state index contributed by atoms with van der Waals surface area (Å²) in [6, 6.07) is 25.8. The number of nitrogen functional groups attached to an aromatic ring is 1. The van der Waals surface area contributed by atoms with Gasteiger partial charge in [-0.25, -0.2) is 4.79 Å². The minimum atomic E-state index is -0.396. The highest BCUT2D eigenvalue weighted by Gasteiger charge is 2.22. The molecule has 0 saturated carbocycles. The summed E-state index contributed by atoms with van der Waals surface area (Å²) in [6.07, 6.45) is 1.20. The predicted octanol–water partition coefficient (Wildman–Crippen LogP) is 5.15. The van der Waals surface area contributed by atoms with Gasteiger partial charge in [0.2, 0.25) is 0 Å². The van der Waals surface area contributed by atoms with Gasteiger partial charge < -0.3 is 10.5 Å². The van der Waals surface area contributed by atoms with Crippen LogP contribution in [-0.2, 0) is 11.3 Å². The molecule has 0 unspecified atom stereocenters. The number of rotatable bonds is 5. The van der Waals surface area contributed by atoms with Gasteiger partial charge in [0.1, 0.15) is 6.10 Å². The summed E-state index contributed by atoms with van der Waals surface area (Å²) in [4.78, 5) is 14.9. The molecule has 5 nitrogen and oxygen atoms in total. The van der Waals surface area contributed by atoms with Crippen LogP contribution in [0.25, 0.3) is 11.1 Å². The predicted molar refractivity (Wildman–Crippen MR) is 121 cm³/mol. The number of hydrogen-bond donors (Lipinski definition) is 2. The number of nitrogens with zero attached hydrogens (tertiary/aromatic N) is 1. The molecule has 1 saturated heterocycles. The minimum Gasteiger partial charge on any atom is -0.446 e. The van der Waals surface area contributed by atoms with E-state index in [0.29, 0.717) is 0 Å². The van der Waals surface area contributed by atoms with E-state index in [1.165, 1.54) is 5.56 Å². The largest absolute Gasteiger partial charge is 0.446 e. The first kappa shape index (κ1) is 20.0. The fourth-order valence-corrected chi connectivity index (χ4v) is 3.89. The van der Waals surface area contributed by atoms with E-state index in [0.717, 1.165) is 55.0 Å². The average molecular weight is 402 g/mol. The molecule has 0 aliphatic carbocycles. The van der Waals surface area contributed by atoms with Gasteiger partial charge >= 0.3 is 6.09 Å². The number of nitrogens with two attached hydrogens (primary N) is 1. The molecule has 0 bridgehead atoms. The van der Waals surface area contributed by atoms with Crippen LogP contribution >= 0.6 is 0 Å². The molecule has 1 heterocycles. The Hall–Kier alpha value is -3.31. The second kappa shape index (κ2) is 9.46. The maximum absolute atomic E-state index is 12.5. The molecule has 4 rings (SSSR count). The zero-order valence-electron chi connectivity index (χ0n) is 17.0. The number of para-hydroxylation sites is 1. The summed E-state index contributed by atoms with van der Waals surface area (Å²) >= 11 is 0. The molecule has 30 heavy (non-hydrogen) atoms. The standard InChI is InChI=1S/C25H27N3O2/c26-21-10-6-7-19(17-21)18-28-15-13-22(14-16-28)30-25(29)27-24-12-5-4-11-23(24)20-8-2-1-3-9-20/h1-12,17,22H,13-16,18,26H2,(H,27,29). The number of carbonyl (C=O) groups is 1. The number of benzene rings is 3. The van der Waals surface area contributed by atoms with E-state index < -0.39 is 6.09 Å². The molecule has 0 atom stereocenters. The summed E-state index contributed by atoms with van der Waals surface area (Å²) in [5, 5.41) is 2.92. The smallest absolute Gasteiger partial charge is 0.411 e. The van der Waals surface area contributed by atoms with Crippen LogP contribution in [0.3, 0.4) is 0 Å². The van der Waals surface area contributed by atoms with Gasteiger partial charge in [0.25, 0.3) is 0 Å². The van der Waals surface area contributed by atoms with Crippen LogP contribution in [0.4, 0.5) is 16.2 Å². The van der Waals surface area contributed by atoms with Crippen LogP contribution in [0.2, 0.25) is 0 Å². The Morgan fingerprint density at radius 3 is 2.47 bits per heavy atom. The molecule has 1 amide bonds. The van der Waals surface area contributed by atoms with Gasteiger partial charge in [-0.3, -0.25) is 10.2 Å². The zero-order chi connectivity index (χ0) is 20.8. The molecular weight excluding hydrogens is 374 g/mol. The monoisotopic (exact) mass is 401 g/mol. The maximum atomic E-state index is 12.5. The average Bonchev–Trinajstić information content (AvgIpc) is 2.76. The van der Waals surface area contributed by atoms with Crippen molar-refractivity contribution in [2.75, 3.05) is 24.1 Å². The van der Waals surface area contributed by atoms with E-state index in [4.69, 9.17) is 10.5 Å². The van der Waals surface area contributed by atoms with Crippen molar-refractivity contribution in [1.82, 2.24) is 4.90 Å². The van der Waals surface area contributed by atoms with Crippen molar-refractivity contribution in [3.05, 3.63) is 84.4 Å². The molecule has 1 aliphatic rings. The summed E-state index contributed by atoms with van der Waals surface area (Å²) in [7, 11) is 0. The van der Waals surface area contributed by atoms with Crippen molar-refractivity contribution < 1.29 is 9.53 Å². The van der Waals surface area contributed by atoms with Crippen molar-refractivity contribution in [3.8, 4) is 11.1 Å². The van der Waals surface area contributed by atoms with E-state index in [9.17, 15) is 4.79 Å². The van der Waals surface area contributed by atoms with Crippen molar-refractivity contribution in [3.63, 3.8) is 0 Å². The van der Waals surface area contributed by atoms with Gasteiger partial charge in [0, 0.05) is 30.9 Å². The fourth-order valence-electron chi connectivity index (χ4n) is 3.89. The number of hydrogen-bond acceptors (Lipinski definition) is 4. The first-order valence-electron chi connectivity index (χ1n) is 10.4. The lowest BCUT2D eigenvalue weighted by Crippen LogP contribution is -2.38. The highest BCUT2D eigenvalue weighted by atomic mass is 16.6. The Bertz CT molecular complexity index is 982. The van der Waals surface area contributed by atoms with Crippen molar-refractivity contribution >= 4 is 17.5 Å². The molecule has 154 valence electrons. The highest BCUT2D eigenvalue weighted by Crippen LogP contribution is 2.28. The molecule has 1 aliphatic heterocycles. The molecule has 0 spiro atoms. The third-order valence-electron chi connectivity index (χ3n) is 5.41. The van der Waals surface area contributed by atoms with Gasteiger partial charge in [-0.2, -0.15) is 0 Å². The Morgan fingerprint density at radius 2 is 1.70 bits per heavy atom. The first-order chi connectivity index (χ1) is 14.7. The molecular formula is C25H27N3O2. The number of carbonyl (C=O) groups excluding carboxylic acids is 1. The van der Waals surface area contributed by atoms with Crippen LogP contribution in [-0.4, -0.2) is 30.2 Å². The summed E-state index contributed by atoms with van der Waals surface area (Å²) in [5.74, 6) is 0. The molecule has 1 fully saturated rings. The molecule has 5 heteroatoms.